The van der Waals surface area contributed by atoms with Crippen LogP contribution in [0.5, 0.6) is 5.75 Å². The minimum absolute atomic E-state index is 0.376. The summed E-state index contributed by atoms with van der Waals surface area (Å²) in [5.74, 6) is 1.72. The molecule has 1 aliphatic rings. The van der Waals surface area contributed by atoms with Crippen LogP contribution in [0.1, 0.15) is 37.9 Å². The van der Waals surface area contributed by atoms with Crippen molar-refractivity contribution in [3.05, 3.63) is 29.8 Å². The zero-order valence-corrected chi connectivity index (χ0v) is 11.0. The van der Waals surface area contributed by atoms with Gasteiger partial charge in [0.15, 0.2) is 0 Å². The fraction of sp³-hybridized carbons (Fsp3) is 0.600. The molecule has 0 heterocycles. The van der Waals surface area contributed by atoms with Gasteiger partial charge in [0.25, 0.3) is 0 Å². The molecule has 0 spiro atoms. The highest BCUT2D eigenvalue weighted by molar-refractivity contribution is 5.28. The van der Waals surface area contributed by atoms with Crippen molar-refractivity contribution in [2.45, 2.75) is 32.3 Å². The van der Waals surface area contributed by atoms with Gasteiger partial charge in [0, 0.05) is 6.61 Å². The molecule has 1 aromatic carbocycles. The number of hydrogen-bond acceptors (Lipinski definition) is 3. The average molecular weight is 250 g/mol. The van der Waals surface area contributed by atoms with Gasteiger partial charge < -0.3 is 14.6 Å². The Morgan fingerprint density at radius 1 is 1.28 bits per heavy atom. The lowest BCUT2D eigenvalue weighted by Crippen LogP contribution is -2.08. The van der Waals surface area contributed by atoms with E-state index in [0.717, 1.165) is 30.3 Å². The number of benzene rings is 1. The van der Waals surface area contributed by atoms with E-state index in [4.69, 9.17) is 9.47 Å². The lowest BCUT2D eigenvalue weighted by molar-refractivity contribution is 0.0336. The van der Waals surface area contributed by atoms with Crippen LogP contribution >= 0.6 is 0 Å². The van der Waals surface area contributed by atoms with E-state index in [1.807, 2.05) is 31.2 Å². The van der Waals surface area contributed by atoms with Crippen molar-refractivity contribution in [1.82, 2.24) is 0 Å². The van der Waals surface area contributed by atoms with Gasteiger partial charge in [0.2, 0.25) is 0 Å². The van der Waals surface area contributed by atoms with Gasteiger partial charge in [-0.15, -0.1) is 0 Å². The van der Waals surface area contributed by atoms with Crippen molar-refractivity contribution in [3.63, 3.8) is 0 Å². The van der Waals surface area contributed by atoms with Crippen molar-refractivity contribution in [2.24, 2.45) is 5.92 Å². The van der Waals surface area contributed by atoms with Crippen molar-refractivity contribution in [2.75, 3.05) is 19.8 Å². The van der Waals surface area contributed by atoms with Crippen molar-refractivity contribution < 1.29 is 14.6 Å². The van der Waals surface area contributed by atoms with Crippen LogP contribution in [0, 0.1) is 5.92 Å². The molecule has 1 atom stereocenters. The summed E-state index contributed by atoms with van der Waals surface area (Å²) < 4.78 is 10.9. The maximum absolute atomic E-state index is 9.96. The summed E-state index contributed by atoms with van der Waals surface area (Å²) in [6, 6.07) is 7.54. The van der Waals surface area contributed by atoms with Crippen molar-refractivity contribution in [3.8, 4) is 5.75 Å². The third kappa shape index (κ3) is 4.31. The Morgan fingerprint density at radius 3 is 2.61 bits per heavy atom. The van der Waals surface area contributed by atoms with Crippen LogP contribution < -0.4 is 4.74 Å². The highest BCUT2D eigenvalue weighted by Crippen LogP contribution is 2.32. The predicted molar refractivity (Wildman–Crippen MR) is 70.7 cm³/mol. The monoisotopic (exact) mass is 250 g/mol. The number of aliphatic hydroxyl groups excluding tert-OH is 1. The summed E-state index contributed by atoms with van der Waals surface area (Å²) in [5.41, 5.74) is 0.880. The first-order valence-corrected chi connectivity index (χ1v) is 6.78. The Hall–Kier alpha value is -1.06. The summed E-state index contributed by atoms with van der Waals surface area (Å²) in [5, 5.41) is 9.96. The third-order valence-corrected chi connectivity index (χ3v) is 3.22. The van der Waals surface area contributed by atoms with Crippen LogP contribution in [0.15, 0.2) is 24.3 Å². The van der Waals surface area contributed by atoms with E-state index in [-0.39, 0.29) is 0 Å². The molecule has 1 N–H and O–H groups in total. The first-order valence-electron chi connectivity index (χ1n) is 6.78. The van der Waals surface area contributed by atoms with Gasteiger partial charge in [-0.05, 0) is 37.0 Å². The molecule has 0 saturated heterocycles. The molecule has 0 bridgehead atoms. The van der Waals surface area contributed by atoms with Gasteiger partial charge >= 0.3 is 0 Å². The summed E-state index contributed by atoms with van der Waals surface area (Å²) in [6.07, 6.45) is 3.30. The molecule has 100 valence electrons. The third-order valence-electron chi connectivity index (χ3n) is 3.22. The molecule has 1 aromatic rings. The maximum Gasteiger partial charge on any atom is 0.119 e. The van der Waals surface area contributed by atoms with E-state index in [2.05, 4.69) is 0 Å². The summed E-state index contributed by atoms with van der Waals surface area (Å²) in [6.45, 7) is 3.75. The number of hydrogen-bond donors (Lipinski definition) is 1. The molecular weight excluding hydrogens is 228 g/mol. The zero-order valence-electron chi connectivity index (χ0n) is 11.0. The molecule has 0 aromatic heterocycles. The van der Waals surface area contributed by atoms with Crippen molar-refractivity contribution >= 4 is 0 Å². The number of rotatable bonds is 8. The van der Waals surface area contributed by atoms with Crippen LogP contribution in [-0.4, -0.2) is 24.9 Å². The van der Waals surface area contributed by atoms with E-state index in [9.17, 15) is 5.11 Å². The molecule has 0 amide bonds. The Balaban J connectivity index is 1.70. The van der Waals surface area contributed by atoms with Gasteiger partial charge in [-0.3, -0.25) is 0 Å². The molecule has 3 nitrogen and oxygen atoms in total. The molecular formula is C15H22O3. The highest BCUT2D eigenvalue weighted by atomic mass is 16.5. The van der Waals surface area contributed by atoms with Crippen LogP contribution in [0.4, 0.5) is 0 Å². The van der Waals surface area contributed by atoms with E-state index < -0.39 is 6.10 Å². The van der Waals surface area contributed by atoms with Gasteiger partial charge in [0.05, 0.1) is 13.2 Å². The second kappa shape index (κ2) is 6.76. The van der Waals surface area contributed by atoms with Gasteiger partial charge in [0.1, 0.15) is 11.9 Å². The van der Waals surface area contributed by atoms with Gasteiger partial charge in [-0.2, -0.15) is 0 Å². The van der Waals surface area contributed by atoms with Crippen LogP contribution in [0.3, 0.4) is 0 Å². The maximum atomic E-state index is 9.96. The van der Waals surface area contributed by atoms with E-state index in [1.165, 1.54) is 12.8 Å². The molecule has 3 heteroatoms. The summed E-state index contributed by atoms with van der Waals surface area (Å²) >= 11 is 0. The molecule has 1 unspecified atom stereocenters. The predicted octanol–water partition coefficient (Wildman–Crippen LogP) is 2.94. The zero-order chi connectivity index (χ0) is 12.8. The molecule has 0 radical (unpaired) electrons. The average Bonchev–Trinajstić information content (AvgIpc) is 3.20. The fourth-order valence-electron chi connectivity index (χ4n) is 1.90. The summed E-state index contributed by atoms with van der Waals surface area (Å²) in [7, 11) is 0. The smallest absolute Gasteiger partial charge is 0.119 e. The Kier molecular flexibility index (Phi) is 5.02. The van der Waals surface area contributed by atoms with Gasteiger partial charge in [-0.25, -0.2) is 0 Å². The SMILES string of the molecule is CCOc1ccc(C(O)COCCC2CC2)cc1. The first-order chi connectivity index (χ1) is 8.79. The minimum atomic E-state index is -0.542. The quantitative estimate of drug-likeness (QED) is 0.721. The normalized spacial score (nSPS) is 16.6. The lowest BCUT2D eigenvalue weighted by atomic mass is 10.1. The lowest BCUT2D eigenvalue weighted by Gasteiger charge is -2.12. The molecule has 2 rings (SSSR count). The second-order valence-electron chi connectivity index (χ2n) is 4.82. The number of ether oxygens (including phenoxy) is 2. The second-order valence-corrected chi connectivity index (χ2v) is 4.82. The topological polar surface area (TPSA) is 38.7 Å². The first kappa shape index (κ1) is 13.4. The van der Waals surface area contributed by atoms with Crippen molar-refractivity contribution in [1.29, 1.82) is 0 Å². The number of aliphatic hydroxyl groups is 1. The Morgan fingerprint density at radius 2 is 2.00 bits per heavy atom. The summed E-state index contributed by atoms with van der Waals surface area (Å²) in [4.78, 5) is 0. The fourth-order valence-corrected chi connectivity index (χ4v) is 1.90. The molecule has 1 saturated carbocycles. The van der Waals surface area contributed by atoms with Gasteiger partial charge in [-0.1, -0.05) is 25.0 Å². The van der Waals surface area contributed by atoms with E-state index in [0.29, 0.717) is 13.2 Å². The molecule has 18 heavy (non-hydrogen) atoms. The largest absolute Gasteiger partial charge is 0.494 e. The van der Waals surface area contributed by atoms with E-state index in [1.54, 1.807) is 0 Å². The van der Waals surface area contributed by atoms with E-state index >= 15 is 0 Å². The van der Waals surface area contributed by atoms with Crippen LogP contribution in [0.2, 0.25) is 0 Å². The highest BCUT2D eigenvalue weighted by Gasteiger charge is 2.20. The molecule has 1 aliphatic carbocycles. The van der Waals surface area contributed by atoms with Crippen LogP contribution in [-0.2, 0) is 4.74 Å². The Bertz CT molecular complexity index is 343. The standard InChI is InChI=1S/C15H22O3/c1-2-18-14-7-5-13(6-8-14)15(16)11-17-10-9-12-3-4-12/h5-8,12,15-16H,2-4,9-11H2,1H3. The molecule has 0 aliphatic heterocycles. The Labute approximate surface area is 109 Å². The molecule has 1 fully saturated rings. The van der Waals surface area contributed by atoms with Crippen LogP contribution in [0.25, 0.3) is 0 Å². The minimum Gasteiger partial charge on any atom is -0.494 e.